The molecule has 0 unspecified atom stereocenters. The molecule has 1 aromatic carbocycles. The minimum Gasteiger partial charge on any atom is -0.486 e. The van der Waals surface area contributed by atoms with E-state index >= 15 is 0 Å². The minimum absolute atomic E-state index is 0.131. The summed E-state index contributed by atoms with van der Waals surface area (Å²) in [6.07, 6.45) is -0.692. The van der Waals surface area contributed by atoms with Crippen LogP contribution < -0.4 is 14.8 Å². The zero-order chi connectivity index (χ0) is 12.3. The summed E-state index contributed by atoms with van der Waals surface area (Å²) in [5.41, 5.74) is 0.667. The maximum atomic E-state index is 13.6. The number of carboxylic acid groups (broad SMARTS) is 1. The lowest BCUT2D eigenvalue weighted by molar-refractivity contribution is 0.164. The van der Waals surface area contributed by atoms with Gasteiger partial charge in [-0.1, -0.05) is 0 Å². The maximum absolute atomic E-state index is 13.6. The normalized spacial score (nSPS) is 13.2. The molecular formula is C11H12FNO4. The molecule has 1 aliphatic heterocycles. The molecule has 5 nitrogen and oxygen atoms in total. The molecule has 0 aromatic heterocycles. The fourth-order valence-electron chi connectivity index (χ4n) is 1.62. The van der Waals surface area contributed by atoms with E-state index in [1.54, 1.807) is 6.07 Å². The SMILES string of the molecule is O=C(O)NCCc1cc(F)c2c(c1)OCCO2. The quantitative estimate of drug-likeness (QED) is 0.839. The molecule has 0 fully saturated rings. The number of hydrogen-bond acceptors (Lipinski definition) is 3. The van der Waals surface area contributed by atoms with Gasteiger partial charge < -0.3 is 19.9 Å². The Morgan fingerprint density at radius 2 is 2.18 bits per heavy atom. The Labute approximate surface area is 97.1 Å². The Hall–Kier alpha value is -1.98. The van der Waals surface area contributed by atoms with Gasteiger partial charge in [0.15, 0.2) is 17.3 Å². The van der Waals surface area contributed by atoms with Gasteiger partial charge in [0.05, 0.1) is 0 Å². The van der Waals surface area contributed by atoms with Crippen LogP contribution in [-0.4, -0.2) is 31.0 Å². The molecule has 0 radical (unpaired) electrons. The summed E-state index contributed by atoms with van der Waals surface area (Å²) < 4.78 is 24.0. The summed E-state index contributed by atoms with van der Waals surface area (Å²) in [5.74, 6) is 0.0280. The number of carbonyl (C=O) groups is 1. The van der Waals surface area contributed by atoms with Gasteiger partial charge in [-0.25, -0.2) is 9.18 Å². The van der Waals surface area contributed by atoms with Gasteiger partial charge >= 0.3 is 6.09 Å². The number of ether oxygens (including phenoxy) is 2. The van der Waals surface area contributed by atoms with E-state index in [0.717, 1.165) is 0 Å². The van der Waals surface area contributed by atoms with E-state index in [-0.39, 0.29) is 12.3 Å². The topological polar surface area (TPSA) is 67.8 Å². The molecule has 1 aromatic rings. The number of hydrogen-bond donors (Lipinski definition) is 2. The summed E-state index contributed by atoms with van der Waals surface area (Å²) >= 11 is 0. The van der Waals surface area contributed by atoms with Gasteiger partial charge in [-0.05, 0) is 24.1 Å². The van der Waals surface area contributed by atoms with Crippen LogP contribution in [0.15, 0.2) is 12.1 Å². The van der Waals surface area contributed by atoms with Crippen LogP contribution in [0.4, 0.5) is 9.18 Å². The monoisotopic (exact) mass is 241 g/mol. The maximum Gasteiger partial charge on any atom is 0.404 e. The lowest BCUT2D eigenvalue weighted by Crippen LogP contribution is -2.23. The first-order chi connectivity index (χ1) is 8.16. The van der Waals surface area contributed by atoms with Crippen molar-refractivity contribution in [1.82, 2.24) is 5.32 Å². The van der Waals surface area contributed by atoms with Gasteiger partial charge in [0, 0.05) is 6.54 Å². The van der Waals surface area contributed by atoms with E-state index in [4.69, 9.17) is 14.6 Å². The number of halogens is 1. The highest BCUT2D eigenvalue weighted by atomic mass is 19.1. The Bertz CT molecular complexity index is 436. The van der Waals surface area contributed by atoms with Crippen LogP contribution in [0.25, 0.3) is 0 Å². The third kappa shape index (κ3) is 2.77. The number of fused-ring (bicyclic) bond motifs is 1. The Balaban J connectivity index is 2.08. The predicted molar refractivity (Wildman–Crippen MR) is 57.1 cm³/mol. The average molecular weight is 241 g/mol. The van der Waals surface area contributed by atoms with E-state index < -0.39 is 11.9 Å². The van der Waals surface area contributed by atoms with Crippen LogP contribution in [0.5, 0.6) is 11.5 Å². The zero-order valence-electron chi connectivity index (χ0n) is 9.03. The highest BCUT2D eigenvalue weighted by molar-refractivity contribution is 5.64. The molecule has 1 amide bonds. The van der Waals surface area contributed by atoms with Crippen LogP contribution >= 0.6 is 0 Å². The summed E-state index contributed by atoms with van der Waals surface area (Å²) in [6.45, 7) is 0.960. The molecule has 0 atom stereocenters. The predicted octanol–water partition coefficient (Wildman–Crippen LogP) is 1.41. The lowest BCUT2D eigenvalue weighted by atomic mass is 10.1. The van der Waals surface area contributed by atoms with Crippen molar-refractivity contribution in [3.8, 4) is 11.5 Å². The van der Waals surface area contributed by atoms with Gasteiger partial charge in [-0.2, -0.15) is 0 Å². The lowest BCUT2D eigenvalue weighted by Gasteiger charge is -2.19. The zero-order valence-corrected chi connectivity index (χ0v) is 9.03. The smallest absolute Gasteiger partial charge is 0.404 e. The van der Waals surface area contributed by atoms with Crippen molar-refractivity contribution in [2.45, 2.75) is 6.42 Å². The molecule has 2 N–H and O–H groups in total. The Morgan fingerprint density at radius 1 is 1.41 bits per heavy atom. The van der Waals surface area contributed by atoms with Crippen molar-refractivity contribution in [2.75, 3.05) is 19.8 Å². The van der Waals surface area contributed by atoms with Crippen LogP contribution in [0.2, 0.25) is 0 Å². The highest BCUT2D eigenvalue weighted by Crippen LogP contribution is 2.34. The second-order valence-corrected chi connectivity index (χ2v) is 3.58. The summed E-state index contributed by atoms with van der Waals surface area (Å²) in [5, 5.41) is 10.6. The van der Waals surface area contributed by atoms with Crippen LogP contribution in [0.1, 0.15) is 5.56 Å². The number of nitrogens with one attached hydrogen (secondary N) is 1. The van der Waals surface area contributed by atoms with Crippen LogP contribution in [0.3, 0.4) is 0 Å². The molecule has 0 bridgehead atoms. The Morgan fingerprint density at radius 3 is 2.94 bits per heavy atom. The van der Waals surface area contributed by atoms with Crippen molar-refractivity contribution in [1.29, 1.82) is 0 Å². The summed E-state index contributed by atoms with van der Waals surface area (Å²) in [7, 11) is 0. The summed E-state index contributed by atoms with van der Waals surface area (Å²) in [6, 6.07) is 3.00. The molecule has 0 spiro atoms. The fraction of sp³-hybridized carbons (Fsp3) is 0.364. The molecule has 1 heterocycles. The first kappa shape index (κ1) is 11.5. The largest absolute Gasteiger partial charge is 0.486 e. The van der Waals surface area contributed by atoms with Crippen molar-refractivity contribution in [3.05, 3.63) is 23.5 Å². The van der Waals surface area contributed by atoms with E-state index in [2.05, 4.69) is 5.32 Å². The molecule has 0 aliphatic carbocycles. The first-order valence-electron chi connectivity index (χ1n) is 5.21. The Kier molecular flexibility index (Phi) is 3.32. The van der Waals surface area contributed by atoms with Crippen LogP contribution in [-0.2, 0) is 6.42 Å². The second kappa shape index (κ2) is 4.90. The standard InChI is InChI=1S/C11H12FNO4/c12-8-5-7(1-2-13-11(14)15)6-9-10(8)17-4-3-16-9/h5-6,13H,1-4H2,(H,14,15). The number of amides is 1. The van der Waals surface area contributed by atoms with Crippen LogP contribution in [0, 0.1) is 5.82 Å². The van der Waals surface area contributed by atoms with E-state index in [1.165, 1.54) is 6.07 Å². The average Bonchev–Trinajstić information content (AvgIpc) is 2.28. The van der Waals surface area contributed by atoms with Crippen molar-refractivity contribution >= 4 is 6.09 Å². The fourth-order valence-corrected chi connectivity index (χ4v) is 1.62. The molecule has 2 rings (SSSR count). The van der Waals surface area contributed by atoms with Crippen molar-refractivity contribution in [3.63, 3.8) is 0 Å². The van der Waals surface area contributed by atoms with Gasteiger partial charge in [0.1, 0.15) is 13.2 Å². The van der Waals surface area contributed by atoms with E-state index in [0.29, 0.717) is 30.9 Å². The van der Waals surface area contributed by atoms with Gasteiger partial charge in [-0.15, -0.1) is 0 Å². The third-order valence-corrected chi connectivity index (χ3v) is 2.35. The minimum atomic E-state index is -1.09. The molecule has 0 saturated heterocycles. The van der Waals surface area contributed by atoms with E-state index in [9.17, 15) is 9.18 Å². The highest BCUT2D eigenvalue weighted by Gasteiger charge is 2.17. The number of benzene rings is 1. The summed E-state index contributed by atoms with van der Waals surface area (Å²) in [4.78, 5) is 10.3. The number of rotatable bonds is 3. The first-order valence-corrected chi connectivity index (χ1v) is 5.21. The molecular weight excluding hydrogens is 229 g/mol. The second-order valence-electron chi connectivity index (χ2n) is 3.58. The molecule has 17 heavy (non-hydrogen) atoms. The van der Waals surface area contributed by atoms with Crippen molar-refractivity contribution in [2.24, 2.45) is 0 Å². The third-order valence-electron chi connectivity index (χ3n) is 2.35. The van der Waals surface area contributed by atoms with Gasteiger partial charge in [0.25, 0.3) is 0 Å². The van der Waals surface area contributed by atoms with Gasteiger partial charge in [0.2, 0.25) is 0 Å². The van der Waals surface area contributed by atoms with Crippen molar-refractivity contribution < 1.29 is 23.8 Å². The molecule has 92 valence electrons. The van der Waals surface area contributed by atoms with E-state index in [1.807, 2.05) is 0 Å². The molecule has 0 saturated carbocycles. The molecule has 6 heteroatoms. The van der Waals surface area contributed by atoms with Gasteiger partial charge in [-0.3, -0.25) is 0 Å². The molecule has 1 aliphatic rings.